The van der Waals surface area contributed by atoms with Crippen LogP contribution in [0.25, 0.3) is 0 Å². The Hall–Kier alpha value is -2.64. The first-order valence-electron chi connectivity index (χ1n) is 10.1. The van der Waals surface area contributed by atoms with Gasteiger partial charge in [0.2, 0.25) is 5.79 Å². The summed E-state index contributed by atoms with van der Waals surface area (Å²) in [5.74, 6) is -1.83. The molecule has 0 unspecified atom stereocenters. The van der Waals surface area contributed by atoms with Gasteiger partial charge in [-0.15, -0.1) is 0 Å². The van der Waals surface area contributed by atoms with Crippen LogP contribution in [-0.4, -0.2) is 47.2 Å². The zero-order valence-corrected chi connectivity index (χ0v) is 17.4. The van der Waals surface area contributed by atoms with Crippen molar-refractivity contribution in [2.75, 3.05) is 7.11 Å². The third kappa shape index (κ3) is 2.39. The normalized spacial score (nSPS) is 38.8. The number of epoxide rings is 1. The van der Waals surface area contributed by atoms with Gasteiger partial charge in [0, 0.05) is 36.7 Å². The molecule has 0 aromatic heterocycles. The number of ether oxygens (including phenoxy) is 4. The van der Waals surface area contributed by atoms with Crippen LogP contribution in [0.15, 0.2) is 47.1 Å². The van der Waals surface area contributed by atoms with Gasteiger partial charge in [-0.25, -0.2) is 9.59 Å². The number of esters is 1. The molecule has 30 heavy (non-hydrogen) atoms. The third-order valence-electron chi connectivity index (χ3n) is 7.07. The summed E-state index contributed by atoms with van der Waals surface area (Å²) in [6.07, 6.45) is 3.17. The minimum absolute atomic E-state index is 0.0198. The van der Waals surface area contributed by atoms with E-state index in [1.54, 1.807) is 26.2 Å². The van der Waals surface area contributed by atoms with Gasteiger partial charge in [-0.1, -0.05) is 6.92 Å². The van der Waals surface area contributed by atoms with Crippen LogP contribution in [0.1, 0.15) is 44.0 Å². The lowest BCUT2D eigenvalue weighted by atomic mass is 9.83. The molecule has 2 aliphatic carbocycles. The summed E-state index contributed by atoms with van der Waals surface area (Å²) in [6, 6.07) is 6.39. The van der Waals surface area contributed by atoms with E-state index in [0.29, 0.717) is 24.2 Å². The maximum absolute atomic E-state index is 12.3. The second-order valence-corrected chi connectivity index (χ2v) is 8.81. The first-order chi connectivity index (χ1) is 14.1. The van der Waals surface area contributed by atoms with Crippen LogP contribution in [0.3, 0.4) is 0 Å². The van der Waals surface area contributed by atoms with Crippen molar-refractivity contribution in [3.05, 3.63) is 52.6 Å². The van der Waals surface area contributed by atoms with Crippen molar-refractivity contribution in [3.8, 4) is 5.75 Å². The van der Waals surface area contributed by atoms with Gasteiger partial charge in [0.05, 0.1) is 11.7 Å². The number of rotatable bonds is 4. The molecule has 1 saturated heterocycles. The van der Waals surface area contributed by atoms with Gasteiger partial charge in [0.25, 0.3) is 0 Å². The number of carboxylic acids is 1. The summed E-state index contributed by atoms with van der Waals surface area (Å²) in [5, 5.41) is 9.12. The van der Waals surface area contributed by atoms with Crippen LogP contribution in [-0.2, 0) is 19.0 Å². The van der Waals surface area contributed by atoms with E-state index in [4.69, 9.17) is 24.1 Å². The monoisotopic (exact) mass is 412 g/mol. The van der Waals surface area contributed by atoms with Gasteiger partial charge in [-0.3, -0.25) is 0 Å². The fraction of sp³-hybridized carbons (Fsp3) is 0.478. The quantitative estimate of drug-likeness (QED) is 0.599. The minimum atomic E-state index is -1.10. The Kier molecular flexibility index (Phi) is 3.84. The number of hydrogen-bond acceptors (Lipinski definition) is 6. The largest absolute Gasteiger partial charge is 0.483 e. The highest BCUT2D eigenvalue weighted by Gasteiger charge is 2.75. The molecule has 7 heteroatoms. The van der Waals surface area contributed by atoms with Crippen molar-refractivity contribution < 1.29 is 33.6 Å². The van der Waals surface area contributed by atoms with Crippen LogP contribution in [0.5, 0.6) is 5.75 Å². The molecule has 1 N–H and O–H groups in total. The van der Waals surface area contributed by atoms with Crippen molar-refractivity contribution in [1.29, 1.82) is 0 Å². The van der Waals surface area contributed by atoms with Crippen LogP contribution in [0.2, 0.25) is 0 Å². The molecule has 0 bridgehead atoms. The summed E-state index contributed by atoms with van der Waals surface area (Å²) in [4.78, 5) is 23.5. The van der Waals surface area contributed by atoms with Crippen LogP contribution < -0.4 is 4.74 Å². The van der Waals surface area contributed by atoms with Crippen molar-refractivity contribution in [2.24, 2.45) is 5.92 Å². The number of carboxylic acid groups (broad SMARTS) is 1. The van der Waals surface area contributed by atoms with E-state index in [2.05, 4.69) is 6.92 Å². The second kappa shape index (κ2) is 5.95. The lowest BCUT2D eigenvalue weighted by Crippen LogP contribution is -2.39. The van der Waals surface area contributed by atoms with Gasteiger partial charge in [-0.2, -0.15) is 0 Å². The van der Waals surface area contributed by atoms with Crippen molar-refractivity contribution >= 4 is 11.9 Å². The highest BCUT2D eigenvalue weighted by Crippen LogP contribution is 2.66. The summed E-state index contributed by atoms with van der Waals surface area (Å²) >= 11 is 0. The van der Waals surface area contributed by atoms with E-state index in [1.807, 2.05) is 13.0 Å². The molecular weight excluding hydrogens is 388 g/mol. The standard InChI is InChI=1S/C23H24O7/c1-12-10-22(27-4)16(13(2)20(26)30-22)9-17-21(3,11-18-23(12,17)29-18)28-15-7-5-14(6-8-15)19(24)25/h5-9,12,18H,10-11H2,1-4H3,(H,24,25)/t12-,18-,21+,22+,23+/m1/s1. The molecule has 5 rings (SSSR count). The van der Waals surface area contributed by atoms with E-state index in [0.717, 1.165) is 11.1 Å². The van der Waals surface area contributed by atoms with Gasteiger partial charge < -0.3 is 24.1 Å². The molecule has 5 atom stereocenters. The molecular formula is C23H24O7. The molecule has 4 aliphatic rings. The van der Waals surface area contributed by atoms with E-state index in [9.17, 15) is 9.59 Å². The van der Waals surface area contributed by atoms with Crippen molar-refractivity contribution in [1.82, 2.24) is 0 Å². The molecule has 1 spiro atoms. The predicted octanol–water partition coefficient (Wildman–Crippen LogP) is 3.25. The lowest BCUT2D eigenvalue weighted by Gasteiger charge is -2.33. The smallest absolute Gasteiger partial charge is 0.337 e. The first-order valence-corrected chi connectivity index (χ1v) is 10.1. The Balaban J connectivity index is 1.58. The number of aromatic carboxylic acids is 1. The number of carbonyl (C=O) groups excluding carboxylic acids is 1. The highest BCUT2D eigenvalue weighted by atomic mass is 16.7. The zero-order valence-electron chi connectivity index (χ0n) is 17.4. The Morgan fingerprint density at radius 2 is 1.93 bits per heavy atom. The number of fused-ring (bicyclic) bond motifs is 1. The van der Waals surface area contributed by atoms with Crippen molar-refractivity contribution in [2.45, 2.75) is 56.7 Å². The SMILES string of the molecule is CO[C@]12C[C@@H](C)[C@@]34O[C@@H]3C[C@](C)(Oc3ccc(C(=O)O)cc3)C4=CC1=C(C)C(=O)O2. The second-order valence-electron chi connectivity index (χ2n) is 8.81. The van der Waals surface area contributed by atoms with E-state index in [1.165, 1.54) is 12.1 Å². The van der Waals surface area contributed by atoms with Crippen molar-refractivity contribution in [3.63, 3.8) is 0 Å². The average molecular weight is 412 g/mol. The van der Waals surface area contributed by atoms with E-state index >= 15 is 0 Å². The molecule has 1 aromatic rings. The molecule has 7 nitrogen and oxygen atoms in total. The Morgan fingerprint density at radius 3 is 2.57 bits per heavy atom. The van der Waals surface area contributed by atoms with E-state index < -0.39 is 23.0 Å². The molecule has 0 amide bonds. The number of carbonyl (C=O) groups is 2. The average Bonchev–Trinajstić information content (AvgIpc) is 3.30. The maximum atomic E-state index is 12.3. The van der Waals surface area contributed by atoms with Gasteiger partial charge in [0.1, 0.15) is 17.0 Å². The highest BCUT2D eigenvalue weighted by molar-refractivity contribution is 5.93. The fourth-order valence-corrected chi connectivity index (χ4v) is 5.48. The molecule has 1 aromatic carbocycles. The summed E-state index contributed by atoms with van der Waals surface area (Å²) in [7, 11) is 1.56. The number of benzene rings is 1. The Bertz CT molecular complexity index is 1020. The predicted molar refractivity (Wildman–Crippen MR) is 105 cm³/mol. The number of methoxy groups -OCH3 is 1. The molecule has 2 aliphatic heterocycles. The fourth-order valence-electron chi connectivity index (χ4n) is 5.48. The Morgan fingerprint density at radius 1 is 1.23 bits per heavy atom. The van der Waals surface area contributed by atoms with Crippen LogP contribution in [0.4, 0.5) is 0 Å². The molecule has 158 valence electrons. The van der Waals surface area contributed by atoms with Gasteiger partial charge in [-0.05, 0) is 50.1 Å². The zero-order chi connectivity index (χ0) is 21.5. The summed E-state index contributed by atoms with van der Waals surface area (Å²) in [5.41, 5.74) is 1.31. The lowest BCUT2D eigenvalue weighted by molar-refractivity contribution is -0.197. The molecule has 0 radical (unpaired) electrons. The van der Waals surface area contributed by atoms with Crippen LogP contribution >= 0.6 is 0 Å². The minimum Gasteiger partial charge on any atom is -0.483 e. The first kappa shape index (κ1) is 19.3. The topological polar surface area (TPSA) is 94.6 Å². The van der Waals surface area contributed by atoms with Gasteiger partial charge >= 0.3 is 11.9 Å². The molecule has 1 saturated carbocycles. The summed E-state index contributed by atoms with van der Waals surface area (Å²) in [6.45, 7) is 5.86. The molecule has 2 heterocycles. The van der Waals surface area contributed by atoms with Crippen LogP contribution in [0, 0.1) is 5.92 Å². The number of hydrogen-bond donors (Lipinski definition) is 1. The van der Waals surface area contributed by atoms with Gasteiger partial charge in [0.15, 0.2) is 0 Å². The van der Waals surface area contributed by atoms with E-state index in [-0.39, 0.29) is 23.6 Å². The molecule has 2 fully saturated rings. The third-order valence-corrected chi connectivity index (χ3v) is 7.07. The Labute approximate surface area is 174 Å². The summed E-state index contributed by atoms with van der Waals surface area (Å²) < 4.78 is 24.0. The maximum Gasteiger partial charge on any atom is 0.337 e.